The molecule has 1 N–H and O–H groups in total. The number of anilines is 1. The van der Waals surface area contributed by atoms with E-state index >= 15 is 0 Å². The summed E-state index contributed by atoms with van der Waals surface area (Å²) in [4.78, 5) is 15.9. The Morgan fingerprint density at radius 1 is 1.23 bits per heavy atom. The van der Waals surface area contributed by atoms with E-state index in [0.717, 1.165) is 12.1 Å². The SMILES string of the molecule is CC=CC(=O)Nc1cnc2c(c1)c(C)nn2-c1ccc(C(F)(F)F)cc1. The van der Waals surface area contributed by atoms with Gasteiger partial charge in [0, 0.05) is 5.39 Å². The Morgan fingerprint density at radius 2 is 1.92 bits per heavy atom. The summed E-state index contributed by atoms with van der Waals surface area (Å²) in [5, 5.41) is 7.74. The number of fused-ring (bicyclic) bond motifs is 1. The molecule has 2 heterocycles. The van der Waals surface area contributed by atoms with Crippen molar-refractivity contribution in [2.75, 3.05) is 5.32 Å². The van der Waals surface area contributed by atoms with E-state index in [2.05, 4.69) is 15.4 Å². The molecule has 0 spiro atoms. The molecule has 0 aliphatic heterocycles. The van der Waals surface area contributed by atoms with Crippen LogP contribution < -0.4 is 5.32 Å². The third kappa shape index (κ3) is 3.44. The Kier molecular flexibility index (Phi) is 4.50. The zero-order valence-electron chi connectivity index (χ0n) is 14.0. The van der Waals surface area contributed by atoms with Gasteiger partial charge in [-0.05, 0) is 50.3 Å². The predicted octanol–water partition coefficient (Wildman–Crippen LogP) is 4.26. The molecule has 5 nitrogen and oxygen atoms in total. The molecule has 0 bridgehead atoms. The lowest BCUT2D eigenvalue weighted by Gasteiger charge is -2.08. The van der Waals surface area contributed by atoms with Crippen LogP contribution in [0.1, 0.15) is 18.2 Å². The van der Waals surface area contributed by atoms with Crippen LogP contribution in [0.25, 0.3) is 16.7 Å². The number of benzene rings is 1. The Balaban J connectivity index is 1.99. The molecule has 26 heavy (non-hydrogen) atoms. The molecule has 0 fully saturated rings. The van der Waals surface area contributed by atoms with E-state index < -0.39 is 11.7 Å². The van der Waals surface area contributed by atoms with E-state index in [9.17, 15) is 18.0 Å². The van der Waals surface area contributed by atoms with E-state index in [1.807, 2.05) is 0 Å². The molecule has 1 amide bonds. The van der Waals surface area contributed by atoms with Crippen molar-refractivity contribution in [3.05, 3.63) is 59.9 Å². The molecular weight excluding hydrogens is 345 g/mol. The smallest absolute Gasteiger partial charge is 0.321 e. The van der Waals surface area contributed by atoms with Gasteiger partial charge >= 0.3 is 6.18 Å². The fourth-order valence-corrected chi connectivity index (χ4v) is 2.52. The summed E-state index contributed by atoms with van der Waals surface area (Å²) in [5.74, 6) is -0.276. The number of pyridine rings is 1. The molecule has 0 saturated heterocycles. The highest BCUT2D eigenvalue weighted by Crippen LogP contribution is 2.30. The molecule has 0 unspecified atom stereocenters. The van der Waals surface area contributed by atoms with Gasteiger partial charge in [-0.2, -0.15) is 18.3 Å². The van der Waals surface area contributed by atoms with Crippen LogP contribution >= 0.6 is 0 Å². The van der Waals surface area contributed by atoms with E-state index in [1.165, 1.54) is 29.1 Å². The van der Waals surface area contributed by atoms with Gasteiger partial charge in [-0.1, -0.05) is 6.08 Å². The molecule has 2 aromatic heterocycles. The molecular formula is C18H15F3N4O. The number of aryl methyl sites for hydroxylation is 1. The van der Waals surface area contributed by atoms with Crippen LogP contribution in [0.4, 0.5) is 18.9 Å². The number of nitrogens with zero attached hydrogens (tertiary/aromatic N) is 3. The number of alkyl halides is 3. The van der Waals surface area contributed by atoms with Gasteiger partial charge in [0.25, 0.3) is 0 Å². The highest BCUT2D eigenvalue weighted by Gasteiger charge is 2.30. The van der Waals surface area contributed by atoms with Crippen LogP contribution in [0.5, 0.6) is 0 Å². The number of hydrogen-bond acceptors (Lipinski definition) is 3. The number of hydrogen-bond donors (Lipinski definition) is 1. The Labute approximate surface area is 147 Å². The number of carbonyl (C=O) groups is 1. The summed E-state index contributed by atoms with van der Waals surface area (Å²) in [6, 6.07) is 6.43. The van der Waals surface area contributed by atoms with E-state index in [1.54, 1.807) is 26.0 Å². The Hall–Kier alpha value is -3.16. The van der Waals surface area contributed by atoms with Crippen LogP contribution in [0.3, 0.4) is 0 Å². The van der Waals surface area contributed by atoms with Crippen molar-refractivity contribution in [3.8, 4) is 5.69 Å². The second kappa shape index (κ2) is 6.62. The molecule has 0 aliphatic rings. The van der Waals surface area contributed by atoms with Crippen molar-refractivity contribution in [1.29, 1.82) is 0 Å². The summed E-state index contributed by atoms with van der Waals surface area (Å²) >= 11 is 0. The maximum atomic E-state index is 12.7. The van der Waals surface area contributed by atoms with Gasteiger partial charge in [-0.25, -0.2) is 9.67 Å². The number of allylic oxidation sites excluding steroid dienone is 1. The minimum absolute atomic E-state index is 0.276. The van der Waals surface area contributed by atoms with Crippen molar-refractivity contribution < 1.29 is 18.0 Å². The Morgan fingerprint density at radius 3 is 2.54 bits per heavy atom. The highest BCUT2D eigenvalue weighted by atomic mass is 19.4. The van der Waals surface area contributed by atoms with Crippen LogP contribution in [-0.2, 0) is 11.0 Å². The van der Waals surface area contributed by atoms with E-state index in [-0.39, 0.29) is 5.91 Å². The second-order valence-corrected chi connectivity index (χ2v) is 5.63. The predicted molar refractivity (Wildman–Crippen MR) is 92.0 cm³/mol. The molecule has 1 aromatic carbocycles. The molecule has 134 valence electrons. The number of nitrogens with one attached hydrogen (secondary N) is 1. The topological polar surface area (TPSA) is 59.8 Å². The van der Waals surface area contributed by atoms with E-state index in [0.29, 0.717) is 28.1 Å². The fraction of sp³-hybridized carbons (Fsp3) is 0.167. The molecule has 3 aromatic rings. The molecule has 3 rings (SSSR count). The van der Waals surface area contributed by atoms with Crippen LogP contribution in [0.2, 0.25) is 0 Å². The van der Waals surface area contributed by atoms with Crippen LogP contribution in [-0.4, -0.2) is 20.7 Å². The van der Waals surface area contributed by atoms with Gasteiger partial charge in [-0.15, -0.1) is 0 Å². The normalized spacial score (nSPS) is 12.0. The fourth-order valence-electron chi connectivity index (χ4n) is 2.52. The first kappa shape index (κ1) is 17.7. The molecule has 0 saturated carbocycles. The minimum Gasteiger partial charge on any atom is -0.321 e. The average Bonchev–Trinajstić information content (AvgIpc) is 2.91. The summed E-state index contributed by atoms with van der Waals surface area (Å²) in [6.07, 6.45) is 0.0994. The van der Waals surface area contributed by atoms with Crippen LogP contribution in [0.15, 0.2) is 48.7 Å². The van der Waals surface area contributed by atoms with Gasteiger partial charge < -0.3 is 5.32 Å². The van der Waals surface area contributed by atoms with Gasteiger partial charge in [0.1, 0.15) is 0 Å². The molecule has 0 radical (unpaired) electrons. The number of rotatable bonds is 3. The summed E-state index contributed by atoms with van der Waals surface area (Å²) < 4.78 is 39.6. The standard InChI is InChI=1S/C18H15F3N4O/c1-3-4-16(26)23-13-9-15-11(2)24-25(17(15)22-10-13)14-7-5-12(6-8-14)18(19,20)21/h3-10H,1-2H3,(H,23,26). The van der Waals surface area contributed by atoms with Crippen molar-refractivity contribution in [1.82, 2.24) is 14.8 Å². The van der Waals surface area contributed by atoms with Crippen molar-refractivity contribution in [3.63, 3.8) is 0 Å². The Bertz CT molecular complexity index is 988. The van der Waals surface area contributed by atoms with Gasteiger partial charge in [-0.3, -0.25) is 4.79 Å². The van der Waals surface area contributed by atoms with Crippen molar-refractivity contribution >= 4 is 22.6 Å². The largest absolute Gasteiger partial charge is 0.416 e. The second-order valence-electron chi connectivity index (χ2n) is 5.63. The van der Waals surface area contributed by atoms with Gasteiger partial charge in [0.2, 0.25) is 5.91 Å². The number of halogens is 3. The third-order valence-electron chi connectivity index (χ3n) is 3.73. The zero-order chi connectivity index (χ0) is 18.9. The third-order valence-corrected chi connectivity index (χ3v) is 3.73. The maximum absolute atomic E-state index is 12.7. The van der Waals surface area contributed by atoms with Gasteiger partial charge in [0.05, 0.1) is 28.8 Å². The summed E-state index contributed by atoms with van der Waals surface area (Å²) in [7, 11) is 0. The molecule has 8 heteroatoms. The molecule has 0 atom stereocenters. The maximum Gasteiger partial charge on any atom is 0.416 e. The van der Waals surface area contributed by atoms with E-state index in [4.69, 9.17) is 0 Å². The lowest BCUT2D eigenvalue weighted by atomic mass is 10.2. The van der Waals surface area contributed by atoms with Crippen molar-refractivity contribution in [2.45, 2.75) is 20.0 Å². The first-order valence-corrected chi connectivity index (χ1v) is 7.76. The molecule has 0 aliphatic carbocycles. The number of amides is 1. The first-order chi connectivity index (χ1) is 12.3. The first-order valence-electron chi connectivity index (χ1n) is 7.76. The summed E-state index contributed by atoms with van der Waals surface area (Å²) in [5.41, 5.74) is 1.39. The quantitative estimate of drug-likeness (QED) is 0.710. The monoisotopic (exact) mass is 360 g/mol. The van der Waals surface area contributed by atoms with Crippen molar-refractivity contribution in [2.24, 2.45) is 0 Å². The highest BCUT2D eigenvalue weighted by molar-refractivity contribution is 6.00. The summed E-state index contributed by atoms with van der Waals surface area (Å²) in [6.45, 7) is 3.50. The minimum atomic E-state index is -4.39. The van der Waals surface area contributed by atoms with Crippen LogP contribution in [0, 0.1) is 6.92 Å². The lowest BCUT2D eigenvalue weighted by molar-refractivity contribution is -0.137. The number of carbonyl (C=O) groups excluding carboxylic acids is 1. The van der Waals surface area contributed by atoms with Gasteiger partial charge in [0.15, 0.2) is 5.65 Å². The number of aromatic nitrogens is 3. The average molecular weight is 360 g/mol. The lowest BCUT2D eigenvalue weighted by Crippen LogP contribution is -2.08. The zero-order valence-corrected chi connectivity index (χ0v) is 14.0.